The van der Waals surface area contributed by atoms with Crippen LogP contribution in [0, 0.1) is 0 Å². The van der Waals surface area contributed by atoms with Crippen molar-refractivity contribution >= 4 is 6.20 Å². The first-order valence-corrected chi connectivity index (χ1v) is 6.86. The Kier molecular flexibility index (Phi) is 4.96. The smallest absolute Gasteiger partial charge is 0.0538 e. The van der Waals surface area contributed by atoms with E-state index in [1.807, 2.05) is 12.4 Å². The van der Waals surface area contributed by atoms with Crippen LogP contribution in [-0.4, -0.2) is 40.9 Å². The average Bonchev–Trinajstić information content (AvgIpc) is 3.05. The predicted octanol–water partition coefficient (Wildman–Crippen LogP) is 1.95. The largest absolute Gasteiger partial charge is 0.311 e. The standard InChI is InChI=1S/C14H24N4/c1-3-18-12-13(11-16-18)10-15-8-9-17(2)14-6-4-5-7-14/h3,11-12,14-15H,1,4-10H2,2H3. The zero-order valence-electron chi connectivity index (χ0n) is 11.3. The molecule has 100 valence electrons. The molecule has 1 aliphatic carbocycles. The molecule has 0 amide bonds. The van der Waals surface area contributed by atoms with E-state index in [9.17, 15) is 0 Å². The molecule has 0 atom stereocenters. The number of hydrogen-bond donors (Lipinski definition) is 1. The van der Waals surface area contributed by atoms with Crippen LogP contribution in [0.25, 0.3) is 6.20 Å². The number of aromatic nitrogens is 2. The van der Waals surface area contributed by atoms with Gasteiger partial charge in [0.2, 0.25) is 0 Å². The molecular weight excluding hydrogens is 224 g/mol. The van der Waals surface area contributed by atoms with Crippen molar-refractivity contribution in [2.45, 2.75) is 38.3 Å². The van der Waals surface area contributed by atoms with Gasteiger partial charge in [-0.05, 0) is 19.9 Å². The molecule has 0 radical (unpaired) electrons. The van der Waals surface area contributed by atoms with E-state index in [1.54, 1.807) is 10.9 Å². The van der Waals surface area contributed by atoms with Gasteiger partial charge in [-0.15, -0.1) is 0 Å². The zero-order chi connectivity index (χ0) is 12.8. The highest BCUT2D eigenvalue weighted by Gasteiger charge is 2.18. The molecule has 1 fully saturated rings. The van der Waals surface area contributed by atoms with Crippen molar-refractivity contribution in [2.75, 3.05) is 20.1 Å². The monoisotopic (exact) mass is 248 g/mol. The van der Waals surface area contributed by atoms with Crippen molar-refractivity contribution in [1.82, 2.24) is 20.0 Å². The first-order chi connectivity index (χ1) is 8.79. The Morgan fingerprint density at radius 2 is 2.33 bits per heavy atom. The van der Waals surface area contributed by atoms with Crippen LogP contribution in [-0.2, 0) is 6.54 Å². The van der Waals surface area contributed by atoms with Crippen molar-refractivity contribution in [3.63, 3.8) is 0 Å². The maximum absolute atomic E-state index is 4.16. The SMILES string of the molecule is C=Cn1cc(CNCCN(C)C2CCCC2)cn1. The van der Waals surface area contributed by atoms with E-state index in [-0.39, 0.29) is 0 Å². The van der Waals surface area contributed by atoms with Gasteiger partial charge in [-0.3, -0.25) is 0 Å². The van der Waals surface area contributed by atoms with Gasteiger partial charge in [0.1, 0.15) is 0 Å². The lowest BCUT2D eigenvalue weighted by Crippen LogP contribution is -2.35. The third kappa shape index (κ3) is 3.68. The van der Waals surface area contributed by atoms with Gasteiger partial charge < -0.3 is 10.2 Å². The summed E-state index contributed by atoms with van der Waals surface area (Å²) in [5.74, 6) is 0. The minimum absolute atomic E-state index is 0.815. The van der Waals surface area contributed by atoms with Crippen molar-refractivity contribution in [2.24, 2.45) is 0 Å². The predicted molar refractivity (Wildman–Crippen MR) is 75.2 cm³/mol. The van der Waals surface area contributed by atoms with Gasteiger partial charge in [0.25, 0.3) is 0 Å². The molecule has 18 heavy (non-hydrogen) atoms. The van der Waals surface area contributed by atoms with Gasteiger partial charge in [-0.1, -0.05) is 19.4 Å². The quantitative estimate of drug-likeness (QED) is 0.749. The van der Waals surface area contributed by atoms with Crippen molar-refractivity contribution in [1.29, 1.82) is 0 Å². The van der Waals surface area contributed by atoms with Crippen LogP contribution in [0.5, 0.6) is 0 Å². The number of likely N-dealkylation sites (N-methyl/N-ethyl adjacent to an activating group) is 1. The highest BCUT2D eigenvalue weighted by molar-refractivity contribution is 5.17. The molecule has 0 aliphatic heterocycles. The molecule has 1 N–H and O–H groups in total. The first-order valence-electron chi connectivity index (χ1n) is 6.86. The summed E-state index contributed by atoms with van der Waals surface area (Å²) in [6, 6.07) is 0.815. The summed E-state index contributed by atoms with van der Waals surface area (Å²) in [7, 11) is 2.24. The molecule has 4 heteroatoms. The fraction of sp³-hybridized carbons (Fsp3) is 0.643. The molecule has 1 heterocycles. The highest BCUT2D eigenvalue weighted by Crippen LogP contribution is 2.21. The molecule has 1 aromatic rings. The van der Waals surface area contributed by atoms with E-state index in [1.165, 1.54) is 31.2 Å². The van der Waals surface area contributed by atoms with Gasteiger partial charge in [-0.2, -0.15) is 5.10 Å². The Labute approximate surface area is 110 Å². The minimum Gasteiger partial charge on any atom is -0.311 e. The zero-order valence-corrected chi connectivity index (χ0v) is 11.3. The Bertz CT molecular complexity index is 366. The summed E-state index contributed by atoms with van der Waals surface area (Å²) in [5, 5.41) is 7.62. The molecule has 1 saturated carbocycles. The first kappa shape index (κ1) is 13.3. The summed E-state index contributed by atoms with van der Waals surface area (Å²) in [6.45, 7) is 6.72. The summed E-state index contributed by atoms with van der Waals surface area (Å²) < 4.78 is 1.74. The maximum Gasteiger partial charge on any atom is 0.0538 e. The van der Waals surface area contributed by atoms with Gasteiger partial charge in [-0.25, -0.2) is 4.68 Å². The third-order valence-electron chi connectivity index (χ3n) is 3.76. The molecule has 1 aliphatic rings. The molecule has 0 unspecified atom stereocenters. The summed E-state index contributed by atoms with van der Waals surface area (Å²) in [4.78, 5) is 2.49. The van der Waals surface area contributed by atoms with E-state index in [0.29, 0.717) is 0 Å². The second-order valence-corrected chi connectivity index (χ2v) is 5.11. The molecule has 0 spiro atoms. The van der Waals surface area contributed by atoms with Crippen LogP contribution in [0.15, 0.2) is 19.0 Å². The maximum atomic E-state index is 4.16. The van der Waals surface area contributed by atoms with E-state index in [0.717, 1.165) is 25.7 Å². The van der Waals surface area contributed by atoms with Crippen molar-refractivity contribution < 1.29 is 0 Å². The van der Waals surface area contributed by atoms with E-state index >= 15 is 0 Å². The van der Waals surface area contributed by atoms with Crippen LogP contribution in [0.2, 0.25) is 0 Å². The molecule has 1 aromatic heterocycles. The van der Waals surface area contributed by atoms with Gasteiger partial charge >= 0.3 is 0 Å². The number of nitrogens with zero attached hydrogens (tertiary/aromatic N) is 3. The number of nitrogens with one attached hydrogen (secondary N) is 1. The topological polar surface area (TPSA) is 33.1 Å². The lowest BCUT2D eigenvalue weighted by atomic mass is 10.2. The van der Waals surface area contributed by atoms with E-state index in [2.05, 4.69) is 28.9 Å². The third-order valence-corrected chi connectivity index (χ3v) is 3.76. The van der Waals surface area contributed by atoms with Gasteiger partial charge in [0, 0.05) is 43.6 Å². The second-order valence-electron chi connectivity index (χ2n) is 5.11. The fourth-order valence-corrected chi connectivity index (χ4v) is 2.58. The average molecular weight is 248 g/mol. The van der Waals surface area contributed by atoms with Crippen LogP contribution in [0.4, 0.5) is 0 Å². The number of rotatable bonds is 7. The Morgan fingerprint density at radius 3 is 3.00 bits per heavy atom. The molecule has 0 aromatic carbocycles. The fourth-order valence-electron chi connectivity index (χ4n) is 2.58. The molecule has 0 saturated heterocycles. The second kappa shape index (κ2) is 6.71. The van der Waals surface area contributed by atoms with Gasteiger partial charge in [0.15, 0.2) is 0 Å². The summed E-state index contributed by atoms with van der Waals surface area (Å²) in [5.41, 5.74) is 1.21. The van der Waals surface area contributed by atoms with E-state index in [4.69, 9.17) is 0 Å². The Morgan fingerprint density at radius 1 is 1.56 bits per heavy atom. The molecule has 4 nitrogen and oxygen atoms in total. The molecule has 2 rings (SSSR count). The van der Waals surface area contributed by atoms with Crippen LogP contribution in [0.3, 0.4) is 0 Å². The number of hydrogen-bond acceptors (Lipinski definition) is 3. The van der Waals surface area contributed by atoms with Crippen LogP contribution < -0.4 is 5.32 Å². The highest BCUT2D eigenvalue weighted by atomic mass is 15.2. The van der Waals surface area contributed by atoms with Crippen LogP contribution in [0.1, 0.15) is 31.2 Å². The van der Waals surface area contributed by atoms with E-state index < -0.39 is 0 Å². The summed E-state index contributed by atoms with van der Waals surface area (Å²) >= 11 is 0. The van der Waals surface area contributed by atoms with Crippen molar-refractivity contribution in [3.8, 4) is 0 Å². The van der Waals surface area contributed by atoms with Crippen LogP contribution >= 0.6 is 0 Å². The Balaban J connectivity index is 1.61. The lowest BCUT2D eigenvalue weighted by Gasteiger charge is -2.23. The molecule has 0 bridgehead atoms. The van der Waals surface area contributed by atoms with Gasteiger partial charge in [0.05, 0.1) is 6.20 Å². The Hall–Kier alpha value is -1.13. The normalized spacial score (nSPS) is 16.6. The van der Waals surface area contributed by atoms with Crippen molar-refractivity contribution in [3.05, 3.63) is 24.5 Å². The summed E-state index contributed by atoms with van der Waals surface area (Å²) in [6.07, 6.45) is 11.2. The molecular formula is C14H24N4. The minimum atomic E-state index is 0.815. The lowest BCUT2D eigenvalue weighted by molar-refractivity contribution is 0.245.